The summed E-state index contributed by atoms with van der Waals surface area (Å²) in [5.41, 5.74) is 1.81. The first-order valence-electron chi connectivity index (χ1n) is 7.50. The lowest BCUT2D eigenvalue weighted by Gasteiger charge is -2.20. The van der Waals surface area contributed by atoms with Crippen molar-refractivity contribution in [2.45, 2.75) is 26.4 Å². The Morgan fingerprint density at radius 2 is 1.87 bits per heavy atom. The van der Waals surface area contributed by atoms with Gasteiger partial charge in [-0.3, -0.25) is 4.79 Å². The van der Waals surface area contributed by atoms with Crippen LogP contribution in [0.4, 0.5) is 0 Å². The zero-order valence-corrected chi connectivity index (χ0v) is 14.6. The molecule has 0 fully saturated rings. The Kier molecular flexibility index (Phi) is 5.55. The Balaban J connectivity index is 2.26. The van der Waals surface area contributed by atoms with Gasteiger partial charge >= 0.3 is 5.97 Å². The minimum atomic E-state index is -0.925. The van der Waals surface area contributed by atoms with Gasteiger partial charge in [0.25, 0.3) is 5.91 Å². The predicted octanol–water partition coefficient (Wildman–Crippen LogP) is 3.61. The Morgan fingerprint density at radius 1 is 1.22 bits per heavy atom. The second-order valence-electron chi connectivity index (χ2n) is 5.47. The lowest BCUT2D eigenvalue weighted by Crippen LogP contribution is -2.31. The summed E-state index contributed by atoms with van der Waals surface area (Å²) in [7, 11) is 3.30. The molecule has 0 radical (unpaired) electrons. The molecule has 0 aliphatic carbocycles. The average molecular weight is 331 g/mol. The molecule has 1 aromatic heterocycles. The second-order valence-corrected chi connectivity index (χ2v) is 6.73. The lowest BCUT2D eigenvalue weighted by molar-refractivity contribution is -0.138. The quantitative estimate of drug-likeness (QED) is 0.786. The van der Waals surface area contributed by atoms with Crippen LogP contribution in [-0.4, -0.2) is 30.9 Å². The van der Waals surface area contributed by atoms with E-state index in [0.29, 0.717) is 10.4 Å². The van der Waals surface area contributed by atoms with Crippen LogP contribution in [0, 0.1) is 6.92 Å². The number of aryl methyl sites for hydroxylation is 2. The van der Waals surface area contributed by atoms with Gasteiger partial charge in [0.1, 0.15) is 4.88 Å². The molecule has 1 heterocycles. The van der Waals surface area contributed by atoms with Crippen LogP contribution in [0.25, 0.3) is 0 Å². The highest BCUT2D eigenvalue weighted by Gasteiger charge is 2.27. The molecule has 0 aliphatic heterocycles. The molecule has 2 aromatic rings. The van der Waals surface area contributed by atoms with Crippen LogP contribution in [0.1, 0.15) is 38.7 Å². The Hall–Kier alpha value is -2.14. The molecule has 0 bridgehead atoms. The smallest absolute Gasteiger partial charge is 0.349 e. The van der Waals surface area contributed by atoms with Crippen LogP contribution in [0.5, 0.6) is 0 Å². The molecule has 0 aliphatic rings. The summed E-state index contributed by atoms with van der Waals surface area (Å²) in [6.07, 6.45) is -0.0554. The van der Waals surface area contributed by atoms with Crippen LogP contribution < -0.4 is 0 Å². The number of benzene rings is 1. The third-order valence-corrected chi connectivity index (χ3v) is 4.67. The number of rotatable bonds is 5. The number of carbonyl (C=O) groups is 2. The first-order valence-corrected chi connectivity index (χ1v) is 8.32. The van der Waals surface area contributed by atoms with Crippen LogP contribution in [-0.2, 0) is 16.0 Å². The Bertz CT molecular complexity index is 692. The van der Waals surface area contributed by atoms with Gasteiger partial charge in [0.05, 0.1) is 0 Å². The second kappa shape index (κ2) is 7.42. The maximum absolute atomic E-state index is 12.5. The van der Waals surface area contributed by atoms with E-state index in [1.54, 1.807) is 26.2 Å². The van der Waals surface area contributed by atoms with Gasteiger partial charge in [-0.2, -0.15) is 0 Å². The van der Waals surface area contributed by atoms with Crippen LogP contribution in [0.2, 0.25) is 0 Å². The Morgan fingerprint density at radius 3 is 2.39 bits per heavy atom. The largest absolute Gasteiger partial charge is 0.443 e. The molecule has 0 saturated carbocycles. The van der Waals surface area contributed by atoms with E-state index in [2.05, 4.69) is 0 Å². The summed E-state index contributed by atoms with van der Waals surface area (Å²) in [6, 6.07) is 10.9. The maximum atomic E-state index is 12.5. The summed E-state index contributed by atoms with van der Waals surface area (Å²) < 4.78 is 5.54. The van der Waals surface area contributed by atoms with Gasteiger partial charge < -0.3 is 9.64 Å². The van der Waals surface area contributed by atoms with Gasteiger partial charge in [-0.05, 0) is 25.0 Å². The minimum Gasteiger partial charge on any atom is -0.443 e. The van der Waals surface area contributed by atoms with E-state index >= 15 is 0 Å². The number of likely N-dealkylation sites (N-methyl/N-ethyl adjacent to an activating group) is 1. The predicted molar refractivity (Wildman–Crippen MR) is 91.7 cm³/mol. The summed E-state index contributed by atoms with van der Waals surface area (Å²) in [4.78, 5) is 27.9. The molecular formula is C18H21NO3S. The first-order chi connectivity index (χ1) is 10.9. The molecule has 0 spiro atoms. The van der Waals surface area contributed by atoms with Gasteiger partial charge in [-0.15, -0.1) is 11.3 Å². The average Bonchev–Trinajstić information content (AvgIpc) is 2.93. The van der Waals surface area contributed by atoms with E-state index in [4.69, 9.17) is 4.74 Å². The monoisotopic (exact) mass is 331 g/mol. The molecule has 2 rings (SSSR count). The van der Waals surface area contributed by atoms with Crippen molar-refractivity contribution in [2.75, 3.05) is 14.1 Å². The van der Waals surface area contributed by atoms with E-state index in [1.807, 2.05) is 38.1 Å². The van der Waals surface area contributed by atoms with Gasteiger partial charge in [0, 0.05) is 24.5 Å². The fourth-order valence-corrected chi connectivity index (χ4v) is 3.26. The highest BCUT2D eigenvalue weighted by Crippen LogP contribution is 2.26. The summed E-state index contributed by atoms with van der Waals surface area (Å²) in [5, 5.41) is 0. The highest BCUT2D eigenvalue weighted by molar-refractivity contribution is 7.14. The van der Waals surface area contributed by atoms with Crippen molar-refractivity contribution in [3.05, 3.63) is 57.3 Å². The van der Waals surface area contributed by atoms with E-state index < -0.39 is 12.1 Å². The number of amides is 1. The SMILES string of the molecule is CCc1cc(C(=O)O[C@H](C(=O)N(C)C)c2ccccc2)sc1C. The molecule has 5 heteroatoms. The number of carbonyl (C=O) groups excluding carboxylic acids is 2. The van der Waals surface area contributed by atoms with Crippen molar-refractivity contribution in [3.8, 4) is 0 Å². The first kappa shape index (κ1) is 17.2. The number of nitrogens with zero attached hydrogens (tertiary/aromatic N) is 1. The molecule has 122 valence electrons. The normalized spacial score (nSPS) is 11.8. The molecule has 23 heavy (non-hydrogen) atoms. The third-order valence-electron chi connectivity index (χ3n) is 3.59. The van der Waals surface area contributed by atoms with Crippen molar-refractivity contribution < 1.29 is 14.3 Å². The maximum Gasteiger partial charge on any atom is 0.349 e. The number of esters is 1. The molecular weight excluding hydrogens is 310 g/mol. The van der Waals surface area contributed by atoms with Gasteiger partial charge in [0.2, 0.25) is 6.10 Å². The number of hydrogen-bond acceptors (Lipinski definition) is 4. The standard InChI is InChI=1S/C18H21NO3S/c1-5-13-11-15(23-12(13)2)18(21)22-16(17(20)19(3)4)14-9-7-6-8-10-14/h6-11,16H,5H2,1-4H3/t16-/m0/s1. The third kappa shape index (κ3) is 3.99. The topological polar surface area (TPSA) is 46.6 Å². The molecule has 1 amide bonds. The fraction of sp³-hybridized carbons (Fsp3) is 0.333. The highest BCUT2D eigenvalue weighted by atomic mass is 32.1. The Labute approximate surface area is 140 Å². The van der Waals surface area contributed by atoms with E-state index in [1.165, 1.54) is 16.2 Å². The summed E-state index contributed by atoms with van der Waals surface area (Å²) >= 11 is 1.40. The van der Waals surface area contributed by atoms with E-state index in [0.717, 1.165) is 16.9 Å². The molecule has 4 nitrogen and oxygen atoms in total. The molecule has 0 unspecified atom stereocenters. The van der Waals surface area contributed by atoms with Gasteiger partial charge in [-0.25, -0.2) is 4.79 Å². The summed E-state index contributed by atoms with van der Waals surface area (Å²) in [6.45, 7) is 4.03. The van der Waals surface area contributed by atoms with Crippen molar-refractivity contribution >= 4 is 23.2 Å². The zero-order valence-electron chi connectivity index (χ0n) is 13.8. The zero-order chi connectivity index (χ0) is 17.0. The lowest BCUT2D eigenvalue weighted by atomic mass is 10.1. The summed E-state index contributed by atoms with van der Waals surface area (Å²) in [5.74, 6) is -0.713. The van der Waals surface area contributed by atoms with Crippen molar-refractivity contribution in [3.63, 3.8) is 0 Å². The van der Waals surface area contributed by atoms with E-state index in [-0.39, 0.29) is 5.91 Å². The van der Waals surface area contributed by atoms with Crippen molar-refractivity contribution in [1.82, 2.24) is 4.90 Å². The fourth-order valence-electron chi connectivity index (χ4n) is 2.26. The minimum absolute atomic E-state index is 0.256. The van der Waals surface area contributed by atoms with Crippen LogP contribution in [0.15, 0.2) is 36.4 Å². The van der Waals surface area contributed by atoms with Gasteiger partial charge in [0.15, 0.2) is 0 Å². The molecule has 0 N–H and O–H groups in total. The van der Waals surface area contributed by atoms with Crippen LogP contribution in [0.3, 0.4) is 0 Å². The number of ether oxygens (including phenoxy) is 1. The van der Waals surface area contributed by atoms with E-state index in [9.17, 15) is 9.59 Å². The number of hydrogen-bond donors (Lipinski definition) is 0. The van der Waals surface area contributed by atoms with Crippen molar-refractivity contribution in [2.24, 2.45) is 0 Å². The van der Waals surface area contributed by atoms with Gasteiger partial charge in [-0.1, -0.05) is 37.3 Å². The van der Waals surface area contributed by atoms with Crippen LogP contribution >= 0.6 is 11.3 Å². The molecule has 0 saturated heterocycles. The molecule has 1 aromatic carbocycles. The van der Waals surface area contributed by atoms with Crippen molar-refractivity contribution in [1.29, 1.82) is 0 Å². The molecule has 1 atom stereocenters. The number of thiophene rings is 1.